The zero-order chi connectivity index (χ0) is 24.1. The first-order chi connectivity index (χ1) is 16.3. The van der Waals surface area contributed by atoms with E-state index in [9.17, 15) is 4.79 Å². The summed E-state index contributed by atoms with van der Waals surface area (Å²) in [5.41, 5.74) is 4.57. The monoisotopic (exact) mass is 455 g/mol. The van der Waals surface area contributed by atoms with Gasteiger partial charge in [0.05, 0.1) is 7.11 Å². The summed E-state index contributed by atoms with van der Waals surface area (Å²) in [6.45, 7) is 7.91. The molecule has 0 aliphatic carbocycles. The molecule has 2 heterocycles. The summed E-state index contributed by atoms with van der Waals surface area (Å²) in [5, 5.41) is 4.30. The Morgan fingerprint density at radius 1 is 1.00 bits per heavy atom. The zero-order valence-electron chi connectivity index (χ0n) is 20.4. The smallest absolute Gasteiger partial charge is 0.220 e. The van der Waals surface area contributed by atoms with Crippen LogP contribution in [0.15, 0.2) is 79.3 Å². The minimum Gasteiger partial charge on any atom is -0.497 e. The molecule has 2 aromatic heterocycles. The summed E-state index contributed by atoms with van der Waals surface area (Å²) in [6, 6.07) is 20.5. The highest BCUT2D eigenvalue weighted by Crippen LogP contribution is 2.41. The van der Waals surface area contributed by atoms with Crippen LogP contribution in [0.5, 0.6) is 5.75 Å². The third-order valence-corrected chi connectivity index (χ3v) is 6.38. The Labute approximate surface area is 201 Å². The molecule has 1 N–H and O–H groups in total. The molecule has 0 bridgehead atoms. The van der Waals surface area contributed by atoms with E-state index in [4.69, 9.17) is 4.74 Å². The highest BCUT2D eigenvalue weighted by molar-refractivity contribution is 5.86. The summed E-state index contributed by atoms with van der Waals surface area (Å²) in [7, 11) is 1.68. The van der Waals surface area contributed by atoms with Gasteiger partial charge in [0.2, 0.25) is 5.91 Å². The van der Waals surface area contributed by atoms with Gasteiger partial charge in [-0.15, -0.1) is 0 Å². The number of fused-ring (bicyclic) bond motifs is 1. The van der Waals surface area contributed by atoms with Crippen LogP contribution < -0.4 is 10.1 Å². The number of pyridine rings is 1. The zero-order valence-corrected chi connectivity index (χ0v) is 20.4. The summed E-state index contributed by atoms with van der Waals surface area (Å²) >= 11 is 0. The largest absolute Gasteiger partial charge is 0.497 e. The van der Waals surface area contributed by atoms with Gasteiger partial charge in [0.15, 0.2) is 0 Å². The number of nitrogens with one attached hydrogen (secondary N) is 1. The van der Waals surface area contributed by atoms with Gasteiger partial charge >= 0.3 is 0 Å². The maximum Gasteiger partial charge on any atom is 0.220 e. The lowest BCUT2D eigenvalue weighted by atomic mass is 9.74. The molecule has 5 nitrogen and oxygen atoms in total. The van der Waals surface area contributed by atoms with Crippen molar-refractivity contribution in [2.45, 2.75) is 46.2 Å². The highest BCUT2D eigenvalue weighted by Gasteiger charge is 2.31. The number of nitrogens with zero attached hydrogens (tertiary/aromatic N) is 2. The molecule has 0 fully saturated rings. The van der Waals surface area contributed by atoms with Gasteiger partial charge in [0.25, 0.3) is 0 Å². The normalized spacial score (nSPS) is 12.5. The van der Waals surface area contributed by atoms with E-state index in [0.717, 1.165) is 17.9 Å². The van der Waals surface area contributed by atoms with Crippen molar-refractivity contribution in [1.29, 1.82) is 0 Å². The Morgan fingerprint density at radius 3 is 2.38 bits per heavy atom. The average molecular weight is 456 g/mol. The van der Waals surface area contributed by atoms with Crippen LogP contribution in [-0.2, 0) is 17.9 Å². The number of hydrogen-bond acceptors (Lipinski definition) is 3. The van der Waals surface area contributed by atoms with Crippen molar-refractivity contribution in [3.05, 3.63) is 95.9 Å². The molecule has 2 aromatic carbocycles. The Kier molecular flexibility index (Phi) is 7.01. The first-order valence-electron chi connectivity index (χ1n) is 11.7. The second kappa shape index (κ2) is 10.1. The van der Waals surface area contributed by atoms with Crippen LogP contribution in [0.3, 0.4) is 0 Å². The number of aromatic nitrogens is 2. The Hall–Kier alpha value is -3.60. The fourth-order valence-corrected chi connectivity index (χ4v) is 4.45. The van der Waals surface area contributed by atoms with E-state index in [2.05, 4.69) is 78.2 Å². The van der Waals surface area contributed by atoms with Crippen LogP contribution in [0.1, 0.15) is 49.8 Å². The predicted molar refractivity (Wildman–Crippen MR) is 137 cm³/mol. The highest BCUT2D eigenvalue weighted by atomic mass is 16.5. The Morgan fingerprint density at radius 2 is 1.71 bits per heavy atom. The number of hydrogen-bond donors (Lipinski definition) is 1. The average Bonchev–Trinajstić information content (AvgIpc) is 3.19. The molecular formula is C29H33N3O2. The topological polar surface area (TPSA) is 56.1 Å². The van der Waals surface area contributed by atoms with E-state index in [0.29, 0.717) is 13.0 Å². The van der Waals surface area contributed by atoms with Crippen LogP contribution in [-0.4, -0.2) is 22.6 Å². The molecular weight excluding hydrogens is 422 g/mol. The standard InChI is InChI=1S/C29H33N3O2/c1-29(2,3)26(17-28(33)31-18-21-13-15-30-16-14-21)25-20-32(27-8-6-5-7-24(25)27)19-22-9-11-23(34-4)12-10-22/h5-16,20,26H,17-19H2,1-4H3,(H,31,33)/t26-/m1/s1. The SMILES string of the molecule is COc1ccc(Cn2cc([C@@H](CC(=O)NCc3ccncc3)C(C)(C)C)c3ccccc32)cc1. The van der Waals surface area contributed by atoms with Gasteiger partial charge in [0, 0.05) is 49.0 Å². The van der Waals surface area contributed by atoms with Gasteiger partial charge in [-0.25, -0.2) is 0 Å². The lowest BCUT2D eigenvalue weighted by Gasteiger charge is -2.30. The molecule has 0 unspecified atom stereocenters. The van der Waals surface area contributed by atoms with Crippen molar-refractivity contribution < 1.29 is 9.53 Å². The number of para-hydroxylation sites is 1. The summed E-state index contributed by atoms with van der Waals surface area (Å²) in [5.74, 6) is 0.989. The lowest BCUT2D eigenvalue weighted by Crippen LogP contribution is -2.29. The lowest BCUT2D eigenvalue weighted by molar-refractivity contribution is -0.122. The van der Waals surface area contributed by atoms with Crippen molar-refractivity contribution in [3.8, 4) is 5.75 Å². The van der Waals surface area contributed by atoms with Crippen LogP contribution in [0.2, 0.25) is 0 Å². The predicted octanol–water partition coefficient (Wildman–Crippen LogP) is 5.93. The fourth-order valence-electron chi connectivity index (χ4n) is 4.45. The minimum absolute atomic E-state index is 0.0590. The quantitative estimate of drug-likeness (QED) is 0.358. The van der Waals surface area contributed by atoms with Crippen molar-refractivity contribution in [2.24, 2.45) is 5.41 Å². The van der Waals surface area contributed by atoms with Gasteiger partial charge in [-0.2, -0.15) is 0 Å². The van der Waals surface area contributed by atoms with Crippen LogP contribution >= 0.6 is 0 Å². The van der Waals surface area contributed by atoms with Gasteiger partial charge in [-0.3, -0.25) is 9.78 Å². The number of amides is 1. The fraction of sp³-hybridized carbons (Fsp3) is 0.310. The molecule has 1 amide bonds. The number of rotatable bonds is 8. The first kappa shape index (κ1) is 23.6. The number of ether oxygens (including phenoxy) is 1. The van der Waals surface area contributed by atoms with Crippen molar-refractivity contribution in [2.75, 3.05) is 7.11 Å². The van der Waals surface area contributed by atoms with E-state index in [-0.39, 0.29) is 17.2 Å². The van der Waals surface area contributed by atoms with Crippen LogP contribution in [0, 0.1) is 5.41 Å². The van der Waals surface area contributed by atoms with Gasteiger partial charge in [-0.05, 0) is 58.4 Å². The van der Waals surface area contributed by atoms with Gasteiger partial charge in [0.1, 0.15) is 5.75 Å². The second-order valence-corrected chi connectivity index (χ2v) is 9.83. The Bertz CT molecular complexity index is 1240. The number of methoxy groups -OCH3 is 1. The third kappa shape index (κ3) is 5.48. The molecule has 0 spiro atoms. The molecule has 176 valence electrons. The van der Waals surface area contributed by atoms with Crippen molar-refractivity contribution in [3.63, 3.8) is 0 Å². The molecule has 0 aliphatic heterocycles. The van der Waals surface area contributed by atoms with E-state index in [1.165, 1.54) is 22.0 Å². The first-order valence-corrected chi connectivity index (χ1v) is 11.7. The summed E-state index contributed by atoms with van der Waals surface area (Å²) in [6.07, 6.45) is 6.17. The maximum absolute atomic E-state index is 13.0. The van der Waals surface area contributed by atoms with E-state index < -0.39 is 0 Å². The molecule has 0 saturated heterocycles. The number of carbonyl (C=O) groups excluding carboxylic acids is 1. The van der Waals surface area contributed by atoms with Crippen LogP contribution in [0.4, 0.5) is 0 Å². The molecule has 4 aromatic rings. The molecule has 1 atom stereocenters. The van der Waals surface area contributed by atoms with Crippen LogP contribution in [0.25, 0.3) is 10.9 Å². The molecule has 34 heavy (non-hydrogen) atoms. The number of carbonyl (C=O) groups is 1. The molecule has 0 aliphatic rings. The summed E-state index contributed by atoms with van der Waals surface area (Å²) in [4.78, 5) is 17.0. The summed E-state index contributed by atoms with van der Waals surface area (Å²) < 4.78 is 7.59. The van der Waals surface area contributed by atoms with Gasteiger partial charge in [-0.1, -0.05) is 51.1 Å². The van der Waals surface area contributed by atoms with Gasteiger partial charge < -0.3 is 14.6 Å². The second-order valence-electron chi connectivity index (χ2n) is 9.83. The minimum atomic E-state index is -0.0803. The van der Waals surface area contributed by atoms with E-state index in [1.54, 1.807) is 19.5 Å². The van der Waals surface area contributed by atoms with E-state index >= 15 is 0 Å². The number of benzene rings is 2. The molecule has 5 heteroatoms. The molecule has 0 radical (unpaired) electrons. The van der Waals surface area contributed by atoms with E-state index in [1.807, 2.05) is 24.3 Å². The molecule has 0 saturated carbocycles. The van der Waals surface area contributed by atoms with Crippen molar-refractivity contribution in [1.82, 2.24) is 14.9 Å². The molecule has 4 rings (SSSR count). The Balaban J connectivity index is 1.61. The van der Waals surface area contributed by atoms with Crippen molar-refractivity contribution >= 4 is 16.8 Å². The maximum atomic E-state index is 13.0. The third-order valence-electron chi connectivity index (χ3n) is 6.38.